The van der Waals surface area contributed by atoms with Gasteiger partial charge in [0.25, 0.3) is 0 Å². The molecule has 0 saturated carbocycles. The van der Waals surface area contributed by atoms with Crippen LogP contribution in [0.3, 0.4) is 0 Å². The Kier molecular flexibility index (Phi) is 12.2. The van der Waals surface area contributed by atoms with Crippen LogP contribution in [0.1, 0.15) is 72.6 Å². The molecule has 0 aromatic carbocycles. The van der Waals surface area contributed by atoms with Crippen molar-refractivity contribution in [2.24, 2.45) is 0 Å². The van der Waals surface area contributed by atoms with Crippen molar-refractivity contribution in [2.45, 2.75) is 87.6 Å². The monoisotopic (exact) mass is 440 g/mol. The number of halogens is 1. The summed E-state index contributed by atoms with van der Waals surface area (Å²) < 4.78 is 4.10. The molecular formula is C16H33BrOSn. The normalized spacial score (nSPS) is 14.7. The molecule has 0 radical (unpaired) electrons. The van der Waals surface area contributed by atoms with Crippen LogP contribution in [-0.4, -0.2) is 27.4 Å². The molecule has 0 aromatic rings. The second-order valence-electron chi connectivity index (χ2n) is 5.65. The van der Waals surface area contributed by atoms with Crippen LogP contribution in [0.25, 0.3) is 0 Å². The number of allylic oxidation sites excluding steroid dienone is 1. The topological polar surface area (TPSA) is 20.2 Å². The van der Waals surface area contributed by atoms with Gasteiger partial charge >= 0.3 is 131 Å². The van der Waals surface area contributed by atoms with E-state index in [0.717, 1.165) is 6.42 Å². The fourth-order valence-electron chi connectivity index (χ4n) is 2.52. The Balaban J connectivity index is 4.94. The Morgan fingerprint density at radius 3 is 1.89 bits per heavy atom. The summed E-state index contributed by atoms with van der Waals surface area (Å²) in [5.41, 5.74) is 0. The Morgan fingerprint density at radius 1 is 1.05 bits per heavy atom. The summed E-state index contributed by atoms with van der Waals surface area (Å²) in [6, 6.07) is 0. The number of aliphatic hydroxyl groups is 1. The minimum absolute atomic E-state index is 0.249. The van der Waals surface area contributed by atoms with Gasteiger partial charge < -0.3 is 0 Å². The van der Waals surface area contributed by atoms with Crippen LogP contribution in [0.4, 0.5) is 0 Å². The molecule has 1 unspecified atom stereocenters. The van der Waals surface area contributed by atoms with Crippen LogP contribution in [0.5, 0.6) is 0 Å². The van der Waals surface area contributed by atoms with Crippen molar-refractivity contribution in [3.8, 4) is 0 Å². The maximum absolute atomic E-state index is 10.2. The zero-order valence-corrected chi connectivity index (χ0v) is 17.8. The van der Waals surface area contributed by atoms with Gasteiger partial charge in [-0.1, -0.05) is 0 Å². The van der Waals surface area contributed by atoms with E-state index < -0.39 is 16.2 Å². The van der Waals surface area contributed by atoms with Gasteiger partial charge in [-0.15, -0.1) is 0 Å². The van der Waals surface area contributed by atoms with E-state index in [2.05, 4.69) is 39.6 Å². The molecule has 114 valence electrons. The van der Waals surface area contributed by atoms with Gasteiger partial charge in [-0.3, -0.25) is 0 Å². The van der Waals surface area contributed by atoms with E-state index in [9.17, 15) is 5.11 Å². The third-order valence-corrected chi connectivity index (χ3v) is 23.4. The van der Waals surface area contributed by atoms with E-state index in [1.807, 2.05) is 6.92 Å². The minimum atomic E-state index is -2.44. The van der Waals surface area contributed by atoms with Crippen LogP contribution in [0, 0.1) is 0 Å². The molecule has 0 fully saturated rings. The average Bonchev–Trinajstić information content (AvgIpc) is 2.38. The van der Waals surface area contributed by atoms with E-state index >= 15 is 0 Å². The van der Waals surface area contributed by atoms with Crippen LogP contribution < -0.4 is 0 Å². The molecule has 0 spiro atoms. The second-order valence-corrected chi connectivity index (χ2v) is 25.8. The van der Waals surface area contributed by atoms with E-state index in [1.54, 1.807) is 0 Å². The van der Waals surface area contributed by atoms with Crippen molar-refractivity contribution < 1.29 is 5.11 Å². The van der Waals surface area contributed by atoms with Crippen molar-refractivity contribution in [2.75, 3.05) is 0 Å². The number of rotatable bonds is 11. The number of hydrogen-bond donors (Lipinski definition) is 1. The van der Waals surface area contributed by atoms with Gasteiger partial charge in [0.2, 0.25) is 0 Å². The molecule has 0 aromatic heterocycles. The summed E-state index contributed by atoms with van der Waals surface area (Å²) in [7, 11) is 0. The standard InChI is InChI=1S/C8H15O.2C4H9.BrH.Sn/c1-3-4-5-6-7-8(2)9;2*1-3-4-2;;/h6,8-9H,3-5H2,1-2H3;2*1,3-4H2,2H3;1H;/q;;;;+1/p-1. The van der Waals surface area contributed by atoms with Crippen LogP contribution >= 0.6 is 12.7 Å². The first-order valence-electron chi connectivity index (χ1n) is 8.09. The van der Waals surface area contributed by atoms with Crippen LogP contribution in [0.15, 0.2) is 9.67 Å². The predicted molar refractivity (Wildman–Crippen MR) is 93.4 cm³/mol. The molecule has 3 heteroatoms. The zero-order chi connectivity index (χ0) is 14.7. The van der Waals surface area contributed by atoms with Crippen molar-refractivity contribution in [1.82, 2.24) is 0 Å². The van der Waals surface area contributed by atoms with Gasteiger partial charge in [0.1, 0.15) is 0 Å². The second kappa shape index (κ2) is 11.6. The third-order valence-electron chi connectivity index (χ3n) is 3.74. The fourth-order valence-corrected chi connectivity index (χ4v) is 20.8. The SMILES string of the molecule is CCCC/C=[C](/C(C)O)[Sn]([Br])([CH2]CCC)[CH2]CCC. The molecule has 19 heavy (non-hydrogen) atoms. The van der Waals surface area contributed by atoms with Crippen molar-refractivity contribution in [1.29, 1.82) is 0 Å². The average molecular weight is 440 g/mol. The third kappa shape index (κ3) is 8.11. The molecular weight excluding hydrogens is 407 g/mol. The summed E-state index contributed by atoms with van der Waals surface area (Å²) in [5, 5.41) is 10.2. The summed E-state index contributed by atoms with van der Waals surface area (Å²) in [6.07, 6.45) is 10.9. The Labute approximate surface area is 130 Å². The molecule has 0 saturated heterocycles. The molecule has 0 aliphatic rings. The molecule has 1 nitrogen and oxygen atoms in total. The van der Waals surface area contributed by atoms with Gasteiger partial charge in [-0.05, 0) is 0 Å². The summed E-state index contributed by atoms with van der Waals surface area (Å²) in [5.74, 6) is 0. The Bertz CT molecular complexity index is 243. The Hall–Kier alpha value is 0.979. The maximum atomic E-state index is 10.2. The van der Waals surface area contributed by atoms with E-state index in [0.29, 0.717) is 0 Å². The first kappa shape index (κ1) is 20.0. The molecule has 1 N–H and O–H groups in total. The Morgan fingerprint density at radius 2 is 1.53 bits per heavy atom. The van der Waals surface area contributed by atoms with Gasteiger partial charge in [-0.2, -0.15) is 0 Å². The first-order valence-corrected chi connectivity index (χ1v) is 20.0. The van der Waals surface area contributed by atoms with E-state index in [4.69, 9.17) is 0 Å². The summed E-state index contributed by atoms with van der Waals surface area (Å²) >= 11 is 1.75. The van der Waals surface area contributed by atoms with E-state index in [-0.39, 0.29) is 6.10 Å². The molecule has 0 amide bonds. The summed E-state index contributed by atoms with van der Waals surface area (Å²) in [6.45, 7) is 8.72. The number of aliphatic hydroxyl groups excluding tert-OH is 1. The zero-order valence-electron chi connectivity index (χ0n) is 13.3. The van der Waals surface area contributed by atoms with Gasteiger partial charge in [-0.25, -0.2) is 0 Å². The van der Waals surface area contributed by atoms with Crippen molar-refractivity contribution in [3.05, 3.63) is 9.67 Å². The van der Waals surface area contributed by atoms with Gasteiger partial charge in [0.15, 0.2) is 0 Å². The van der Waals surface area contributed by atoms with E-state index in [1.165, 1.54) is 51.0 Å². The first-order chi connectivity index (χ1) is 9.01. The van der Waals surface area contributed by atoms with Gasteiger partial charge in [0, 0.05) is 0 Å². The molecule has 0 rings (SSSR count). The van der Waals surface area contributed by atoms with Crippen molar-refractivity contribution in [3.63, 3.8) is 0 Å². The van der Waals surface area contributed by atoms with Crippen LogP contribution in [-0.2, 0) is 0 Å². The molecule has 0 heterocycles. The quantitative estimate of drug-likeness (QED) is 0.311. The number of hydrogen-bond acceptors (Lipinski definition) is 1. The molecule has 1 atom stereocenters. The summed E-state index contributed by atoms with van der Waals surface area (Å²) in [4.78, 5) is 0. The van der Waals surface area contributed by atoms with Crippen LogP contribution in [0.2, 0.25) is 8.87 Å². The fraction of sp³-hybridized carbons (Fsp3) is 0.875. The predicted octanol–water partition coefficient (Wildman–Crippen LogP) is 5.96. The molecule has 0 aliphatic heterocycles. The van der Waals surface area contributed by atoms with Gasteiger partial charge in [0.05, 0.1) is 0 Å². The molecule has 0 aliphatic carbocycles. The van der Waals surface area contributed by atoms with Crippen molar-refractivity contribution >= 4 is 28.9 Å². The number of unbranched alkanes of at least 4 members (excludes halogenated alkanes) is 4. The molecule has 0 bridgehead atoms.